The van der Waals surface area contributed by atoms with Crippen molar-refractivity contribution in [3.05, 3.63) is 143 Å². The fourth-order valence-electron chi connectivity index (χ4n) is 7.03. The quantitative estimate of drug-likeness (QED) is 0.126. The van der Waals surface area contributed by atoms with Crippen LogP contribution in [0.5, 0.6) is 0 Å². The van der Waals surface area contributed by atoms with Crippen LogP contribution in [0.4, 0.5) is 30.7 Å². The van der Waals surface area contributed by atoms with Crippen LogP contribution in [0.2, 0.25) is 0 Å². The number of imidazole rings is 1. The van der Waals surface area contributed by atoms with E-state index in [2.05, 4.69) is 38.9 Å². The number of nitrogens with zero attached hydrogens (tertiary/aromatic N) is 7. The van der Waals surface area contributed by atoms with Crippen molar-refractivity contribution in [2.45, 2.75) is 57.3 Å². The summed E-state index contributed by atoms with van der Waals surface area (Å²) in [7, 11) is 1.80. The number of hydrogen-bond donors (Lipinski definition) is 0. The van der Waals surface area contributed by atoms with Gasteiger partial charge in [0.15, 0.2) is 5.69 Å². The SMILES string of the molecule is C=C/C=C\C=C/C.Cn1c(=O)n(C2CCN(c3ccc([N-]Cc4oc(N5CCC(c6ccccc6)CC5)nc4C(F)(F)F)cn3)CC2)c2ccccc21.[K+]. The molecule has 0 aliphatic carbocycles. The minimum Gasteiger partial charge on any atom is -0.677 e. The third-order valence-electron chi connectivity index (χ3n) is 9.83. The number of allylic oxidation sites excluding steroid dienone is 5. The number of benzene rings is 2. The largest absolute Gasteiger partial charge is 1.00 e. The van der Waals surface area contributed by atoms with Crippen LogP contribution in [0.1, 0.15) is 61.6 Å². The zero-order chi connectivity index (χ0) is 37.4. The molecule has 0 amide bonds. The summed E-state index contributed by atoms with van der Waals surface area (Å²) in [5.74, 6) is 0.821. The van der Waals surface area contributed by atoms with Crippen molar-refractivity contribution >= 4 is 28.6 Å². The van der Waals surface area contributed by atoms with E-state index in [0.29, 0.717) is 24.7 Å². The molecule has 2 aliphatic heterocycles. The standard InChI is InChI=1S/C34H35F3N7O2.C7H10.K/c1-41-27-9-5-6-10-28(27)44(33(41)45)26-15-19-42(20-16-26)30-12-11-25(21-39-30)38-22-29-31(34(35,36)37)40-32(46-29)43-17-13-24(14-18-43)23-7-3-2-4-8-23;1-3-5-7-6-4-2;/h2-12,21,24,26H,13-20,22H2,1H3;3-7H,1H2,2H3;/q-1;;+1/b;6-4-,7-5-;. The summed E-state index contributed by atoms with van der Waals surface area (Å²) < 4.78 is 51.0. The van der Waals surface area contributed by atoms with Gasteiger partial charge < -0.3 is 19.5 Å². The number of rotatable bonds is 9. The Balaban J connectivity index is 0.000000641. The Morgan fingerprint density at radius 2 is 1.56 bits per heavy atom. The van der Waals surface area contributed by atoms with E-state index in [1.165, 1.54) is 5.56 Å². The number of piperidine rings is 2. The molecule has 278 valence electrons. The molecule has 54 heavy (non-hydrogen) atoms. The van der Waals surface area contributed by atoms with E-state index in [9.17, 15) is 18.0 Å². The second kappa shape index (κ2) is 19.1. The number of alkyl halides is 3. The Morgan fingerprint density at radius 1 is 0.889 bits per heavy atom. The van der Waals surface area contributed by atoms with Crippen LogP contribution in [0.3, 0.4) is 0 Å². The fraction of sp³-hybridized carbons (Fsp3) is 0.341. The van der Waals surface area contributed by atoms with Gasteiger partial charge in [-0.25, -0.2) is 9.78 Å². The van der Waals surface area contributed by atoms with Crippen LogP contribution < -0.4 is 66.9 Å². The second-order valence-electron chi connectivity index (χ2n) is 13.2. The van der Waals surface area contributed by atoms with Crippen molar-refractivity contribution in [2.24, 2.45) is 7.05 Å². The summed E-state index contributed by atoms with van der Waals surface area (Å²) in [6.07, 6.45) is 9.62. The minimum absolute atomic E-state index is 0. The number of pyridine rings is 1. The summed E-state index contributed by atoms with van der Waals surface area (Å²) in [6.45, 7) is 7.77. The van der Waals surface area contributed by atoms with Crippen molar-refractivity contribution in [3.8, 4) is 0 Å². The maximum Gasteiger partial charge on any atom is 1.00 e. The van der Waals surface area contributed by atoms with E-state index in [0.717, 1.165) is 55.6 Å². The first-order valence-electron chi connectivity index (χ1n) is 18.0. The topological polar surface area (TPSA) is 86.4 Å². The Kier molecular flexibility index (Phi) is 14.6. The van der Waals surface area contributed by atoms with E-state index >= 15 is 0 Å². The van der Waals surface area contributed by atoms with Gasteiger partial charge in [-0.3, -0.25) is 9.13 Å². The molecule has 2 aromatic carbocycles. The van der Waals surface area contributed by atoms with Crippen molar-refractivity contribution < 1.29 is 69.0 Å². The molecule has 0 bridgehead atoms. The summed E-state index contributed by atoms with van der Waals surface area (Å²) in [5, 5.41) is 4.37. The fourth-order valence-corrected chi connectivity index (χ4v) is 7.03. The van der Waals surface area contributed by atoms with Crippen molar-refractivity contribution in [1.82, 2.24) is 19.1 Å². The zero-order valence-electron chi connectivity index (χ0n) is 31.1. The first kappa shape index (κ1) is 41.3. The number of hydrogen-bond acceptors (Lipinski definition) is 6. The molecule has 0 atom stereocenters. The van der Waals surface area contributed by atoms with E-state index < -0.39 is 11.9 Å². The summed E-state index contributed by atoms with van der Waals surface area (Å²) in [6, 6.07) is 21.7. The van der Waals surface area contributed by atoms with Crippen molar-refractivity contribution in [2.75, 3.05) is 36.0 Å². The number of anilines is 2. The first-order valence-corrected chi connectivity index (χ1v) is 18.0. The number of oxazole rings is 1. The van der Waals surface area contributed by atoms with E-state index in [-0.39, 0.29) is 81.4 Å². The second-order valence-corrected chi connectivity index (χ2v) is 13.2. The van der Waals surface area contributed by atoms with Crippen LogP contribution in [0.25, 0.3) is 16.4 Å². The molecular formula is C41H45F3KN7O2. The summed E-state index contributed by atoms with van der Waals surface area (Å²) >= 11 is 0. The molecule has 2 fully saturated rings. The molecule has 0 radical (unpaired) electrons. The molecule has 2 saturated heterocycles. The van der Waals surface area contributed by atoms with Gasteiger partial charge in [-0.2, -0.15) is 18.2 Å². The molecule has 0 spiro atoms. The van der Waals surface area contributed by atoms with Gasteiger partial charge in [-0.15, -0.1) is 5.69 Å². The van der Waals surface area contributed by atoms with Gasteiger partial charge in [0.2, 0.25) is 0 Å². The van der Waals surface area contributed by atoms with Crippen LogP contribution in [0.15, 0.2) is 119 Å². The van der Waals surface area contributed by atoms with Gasteiger partial charge >= 0.3 is 63.3 Å². The number of aryl methyl sites for hydroxylation is 1. The van der Waals surface area contributed by atoms with E-state index in [4.69, 9.17) is 4.42 Å². The number of para-hydroxylation sites is 2. The molecular weight excluding hydrogens is 719 g/mol. The van der Waals surface area contributed by atoms with Crippen LogP contribution in [-0.4, -0.2) is 45.3 Å². The zero-order valence-corrected chi connectivity index (χ0v) is 34.2. The van der Waals surface area contributed by atoms with E-state index in [1.54, 1.807) is 34.9 Å². The predicted octanol–water partition coefficient (Wildman–Crippen LogP) is 6.48. The molecule has 0 N–H and O–H groups in total. The Hall–Kier alpha value is -3.88. The Labute approximate surface area is 356 Å². The molecule has 13 heteroatoms. The van der Waals surface area contributed by atoms with Gasteiger partial charge in [-0.05, 0) is 62.3 Å². The summed E-state index contributed by atoms with van der Waals surface area (Å²) in [4.78, 5) is 25.3. The maximum absolute atomic E-state index is 13.9. The van der Waals surface area contributed by atoms with Gasteiger partial charge in [-0.1, -0.05) is 92.0 Å². The third-order valence-corrected chi connectivity index (χ3v) is 9.83. The van der Waals surface area contributed by atoms with E-state index in [1.807, 2.05) is 84.3 Å². The maximum atomic E-state index is 13.9. The summed E-state index contributed by atoms with van der Waals surface area (Å²) in [5.41, 5.74) is 2.52. The molecule has 9 nitrogen and oxygen atoms in total. The molecule has 0 saturated carbocycles. The average molecular weight is 764 g/mol. The van der Waals surface area contributed by atoms with Gasteiger partial charge in [0.25, 0.3) is 6.01 Å². The van der Waals surface area contributed by atoms with Crippen LogP contribution >= 0.6 is 0 Å². The molecule has 7 rings (SSSR count). The van der Waals surface area contributed by atoms with Gasteiger partial charge in [0.05, 0.1) is 11.0 Å². The Bertz CT molecular complexity index is 2070. The predicted molar refractivity (Wildman–Crippen MR) is 205 cm³/mol. The molecule has 5 aromatic rings. The Morgan fingerprint density at radius 3 is 2.19 bits per heavy atom. The minimum atomic E-state index is -4.65. The number of halogens is 3. The van der Waals surface area contributed by atoms with Crippen molar-refractivity contribution in [3.63, 3.8) is 0 Å². The smallest absolute Gasteiger partial charge is 0.677 e. The van der Waals surface area contributed by atoms with Crippen molar-refractivity contribution in [1.29, 1.82) is 0 Å². The average Bonchev–Trinajstić information content (AvgIpc) is 3.74. The van der Waals surface area contributed by atoms with Gasteiger partial charge in [0.1, 0.15) is 11.6 Å². The monoisotopic (exact) mass is 763 g/mol. The van der Waals surface area contributed by atoms with Gasteiger partial charge in [0, 0.05) is 45.5 Å². The third kappa shape index (κ3) is 9.85. The van der Waals surface area contributed by atoms with Crippen LogP contribution in [-0.2, 0) is 19.8 Å². The molecule has 2 aliphatic rings. The van der Waals surface area contributed by atoms with Crippen LogP contribution in [0, 0.1) is 0 Å². The number of aromatic nitrogens is 4. The molecule has 3 aromatic heterocycles. The first-order chi connectivity index (χ1) is 25.7. The molecule has 0 unspecified atom stereocenters. The molecule has 5 heterocycles. The number of fused-ring (bicyclic) bond motifs is 1. The normalized spacial score (nSPS) is 15.7.